The zero-order chi connectivity index (χ0) is 11.9. The van der Waals surface area contributed by atoms with Gasteiger partial charge in [0.15, 0.2) is 9.84 Å². The smallest absolute Gasteiger partial charge is 0.155 e. The largest absolute Gasteiger partial charge is 0.326 e. The van der Waals surface area contributed by atoms with Gasteiger partial charge in [-0.2, -0.15) is 0 Å². The predicted octanol–water partition coefficient (Wildman–Crippen LogP) is 1.72. The third kappa shape index (κ3) is 2.72. The third-order valence-corrected chi connectivity index (χ3v) is 6.37. The van der Waals surface area contributed by atoms with Gasteiger partial charge >= 0.3 is 0 Å². The Morgan fingerprint density at radius 2 is 1.93 bits per heavy atom. The molecule has 1 saturated heterocycles. The Balaban J connectivity index is 2.68. The molecule has 2 N–H and O–H groups in total. The van der Waals surface area contributed by atoms with Gasteiger partial charge in [-0.25, -0.2) is 8.42 Å². The molecule has 3 nitrogen and oxygen atoms in total. The molecule has 0 aliphatic carbocycles. The number of rotatable bonds is 3. The van der Waals surface area contributed by atoms with Crippen molar-refractivity contribution in [2.24, 2.45) is 11.7 Å². The summed E-state index contributed by atoms with van der Waals surface area (Å²) in [5, 5.41) is 0. The first kappa shape index (κ1) is 13.0. The highest BCUT2D eigenvalue weighted by atomic mass is 32.2. The molecule has 0 bridgehead atoms. The summed E-state index contributed by atoms with van der Waals surface area (Å²) in [6.45, 7) is 7.68. The van der Waals surface area contributed by atoms with Crippen molar-refractivity contribution < 1.29 is 8.42 Å². The Morgan fingerprint density at radius 3 is 2.27 bits per heavy atom. The molecule has 15 heavy (non-hydrogen) atoms. The Kier molecular flexibility index (Phi) is 3.23. The maximum absolute atomic E-state index is 11.8. The second-order valence-electron chi connectivity index (χ2n) is 5.94. The van der Waals surface area contributed by atoms with E-state index < -0.39 is 14.6 Å². The molecule has 1 unspecified atom stereocenters. The van der Waals surface area contributed by atoms with Crippen LogP contribution in [0.3, 0.4) is 0 Å². The van der Waals surface area contributed by atoms with E-state index in [-0.39, 0.29) is 11.5 Å². The minimum atomic E-state index is -2.88. The maximum Gasteiger partial charge on any atom is 0.155 e. The summed E-state index contributed by atoms with van der Waals surface area (Å²) in [7, 11) is -2.88. The first-order valence-electron chi connectivity index (χ1n) is 5.57. The predicted molar refractivity (Wildman–Crippen MR) is 63.5 cm³/mol. The summed E-state index contributed by atoms with van der Waals surface area (Å²) in [6, 6.07) is 0. The highest BCUT2D eigenvalue weighted by molar-refractivity contribution is 7.93. The quantitative estimate of drug-likeness (QED) is 0.807. The first-order valence-corrected chi connectivity index (χ1v) is 7.23. The Bertz CT molecular complexity index is 325. The second-order valence-corrected chi connectivity index (χ2v) is 8.63. The van der Waals surface area contributed by atoms with Crippen molar-refractivity contribution >= 4 is 9.84 Å². The van der Waals surface area contributed by atoms with Crippen LogP contribution in [0.25, 0.3) is 0 Å². The van der Waals surface area contributed by atoms with Crippen molar-refractivity contribution in [3.05, 3.63) is 0 Å². The normalized spacial score (nSPS) is 29.3. The van der Waals surface area contributed by atoms with Crippen LogP contribution in [0.5, 0.6) is 0 Å². The van der Waals surface area contributed by atoms with E-state index >= 15 is 0 Å². The zero-order valence-electron chi connectivity index (χ0n) is 10.2. The summed E-state index contributed by atoms with van der Waals surface area (Å²) in [5.41, 5.74) is 5.73. The van der Waals surface area contributed by atoms with Gasteiger partial charge in [0.1, 0.15) is 0 Å². The van der Waals surface area contributed by atoms with Gasteiger partial charge in [-0.05, 0) is 52.9 Å². The Labute approximate surface area is 93.3 Å². The molecule has 0 saturated carbocycles. The van der Waals surface area contributed by atoms with Crippen molar-refractivity contribution in [2.45, 2.75) is 57.2 Å². The van der Waals surface area contributed by atoms with Crippen LogP contribution < -0.4 is 5.73 Å². The summed E-state index contributed by atoms with van der Waals surface area (Å²) in [5.74, 6) is 0.612. The molecule has 0 radical (unpaired) electrons. The van der Waals surface area contributed by atoms with E-state index in [0.29, 0.717) is 5.75 Å². The van der Waals surface area contributed by atoms with Gasteiger partial charge in [0.25, 0.3) is 0 Å². The molecule has 1 fully saturated rings. The minimum absolute atomic E-state index is 0.192. The zero-order valence-corrected chi connectivity index (χ0v) is 11.0. The Hall–Kier alpha value is -0.0900. The summed E-state index contributed by atoms with van der Waals surface area (Å²) < 4.78 is 23.0. The van der Waals surface area contributed by atoms with E-state index in [2.05, 4.69) is 0 Å². The lowest BCUT2D eigenvalue weighted by molar-refractivity contribution is 0.339. The molecule has 1 atom stereocenters. The van der Waals surface area contributed by atoms with E-state index in [4.69, 9.17) is 5.73 Å². The molecule has 1 aliphatic heterocycles. The summed E-state index contributed by atoms with van der Waals surface area (Å²) in [6.07, 6.45) is 2.60. The van der Waals surface area contributed by atoms with Gasteiger partial charge in [0, 0.05) is 5.54 Å². The number of hydrogen-bond acceptors (Lipinski definition) is 3. The molecule has 4 heteroatoms. The number of sulfone groups is 1. The van der Waals surface area contributed by atoms with Crippen molar-refractivity contribution in [1.29, 1.82) is 0 Å². The standard InChI is InChI=1S/C11H23NO2S/c1-10(2,12)7-5-9-6-8-15(13,14)11(9,3)4/h9H,5-8,12H2,1-4H3. The third-order valence-electron chi connectivity index (χ3n) is 3.66. The highest BCUT2D eigenvalue weighted by Gasteiger charge is 2.47. The summed E-state index contributed by atoms with van der Waals surface area (Å²) >= 11 is 0. The van der Waals surface area contributed by atoms with Gasteiger partial charge < -0.3 is 5.73 Å². The van der Waals surface area contributed by atoms with Crippen molar-refractivity contribution in [3.8, 4) is 0 Å². The van der Waals surface area contributed by atoms with Crippen molar-refractivity contribution in [1.82, 2.24) is 0 Å². The lowest BCUT2D eigenvalue weighted by Gasteiger charge is -2.28. The van der Waals surface area contributed by atoms with Crippen molar-refractivity contribution in [3.63, 3.8) is 0 Å². The lowest BCUT2D eigenvalue weighted by atomic mass is 9.85. The minimum Gasteiger partial charge on any atom is -0.326 e. The van der Waals surface area contributed by atoms with Crippen LogP contribution in [0.15, 0.2) is 0 Å². The van der Waals surface area contributed by atoms with Crippen LogP contribution >= 0.6 is 0 Å². The fourth-order valence-corrected chi connectivity index (χ4v) is 4.06. The van der Waals surface area contributed by atoms with Crippen LogP contribution in [-0.4, -0.2) is 24.5 Å². The molecule has 1 rings (SSSR count). The van der Waals surface area contributed by atoms with Crippen LogP contribution in [0.1, 0.15) is 47.0 Å². The van der Waals surface area contributed by atoms with E-state index in [1.54, 1.807) is 0 Å². The van der Waals surface area contributed by atoms with E-state index in [1.807, 2.05) is 27.7 Å². The van der Waals surface area contributed by atoms with Gasteiger partial charge in [-0.1, -0.05) is 0 Å². The topological polar surface area (TPSA) is 60.2 Å². The molecular formula is C11H23NO2S. The van der Waals surface area contributed by atoms with E-state index in [0.717, 1.165) is 19.3 Å². The van der Waals surface area contributed by atoms with Gasteiger partial charge in [-0.15, -0.1) is 0 Å². The van der Waals surface area contributed by atoms with Gasteiger partial charge in [0.05, 0.1) is 10.5 Å². The molecule has 0 aromatic heterocycles. The molecule has 1 heterocycles. The molecule has 1 aliphatic rings. The van der Waals surface area contributed by atoms with Crippen LogP contribution in [0, 0.1) is 5.92 Å². The van der Waals surface area contributed by atoms with Crippen LogP contribution in [0.2, 0.25) is 0 Å². The SMILES string of the molecule is CC(C)(N)CCC1CCS(=O)(=O)C1(C)C. The Morgan fingerprint density at radius 1 is 1.40 bits per heavy atom. The average molecular weight is 233 g/mol. The fraction of sp³-hybridized carbons (Fsp3) is 1.00. The molecule has 0 spiro atoms. The monoisotopic (exact) mass is 233 g/mol. The molecule has 0 aromatic rings. The summed E-state index contributed by atoms with van der Waals surface area (Å²) in [4.78, 5) is 0. The number of hydrogen-bond donors (Lipinski definition) is 1. The molecule has 0 aromatic carbocycles. The second kappa shape index (κ2) is 3.74. The molecule has 0 amide bonds. The highest BCUT2D eigenvalue weighted by Crippen LogP contribution is 2.40. The average Bonchev–Trinajstić information content (AvgIpc) is 2.19. The van der Waals surface area contributed by atoms with E-state index in [1.165, 1.54) is 0 Å². The molecule has 90 valence electrons. The lowest BCUT2D eigenvalue weighted by Crippen LogP contribution is -2.37. The van der Waals surface area contributed by atoms with Crippen molar-refractivity contribution in [2.75, 3.05) is 5.75 Å². The van der Waals surface area contributed by atoms with Gasteiger partial charge in [-0.3, -0.25) is 0 Å². The fourth-order valence-electron chi connectivity index (χ4n) is 2.20. The van der Waals surface area contributed by atoms with E-state index in [9.17, 15) is 8.42 Å². The van der Waals surface area contributed by atoms with Crippen LogP contribution in [-0.2, 0) is 9.84 Å². The first-order chi connectivity index (χ1) is 6.56. The maximum atomic E-state index is 11.8. The van der Waals surface area contributed by atoms with Gasteiger partial charge in [0.2, 0.25) is 0 Å². The molecular weight excluding hydrogens is 210 g/mol. The van der Waals surface area contributed by atoms with Crippen LogP contribution in [0.4, 0.5) is 0 Å². The number of nitrogens with two attached hydrogens (primary N) is 1.